The Balaban J connectivity index is 2.65. The molecule has 0 aliphatic heterocycles. The molecule has 0 radical (unpaired) electrons. The highest BCUT2D eigenvalue weighted by atomic mass is 17.2. The van der Waals surface area contributed by atoms with Crippen molar-refractivity contribution in [3.63, 3.8) is 0 Å². The number of hydrogen-bond donors (Lipinski definition) is 2. The van der Waals surface area contributed by atoms with Crippen molar-refractivity contribution < 1.29 is 24.6 Å². The molecule has 0 bridgehead atoms. The van der Waals surface area contributed by atoms with Gasteiger partial charge >= 0.3 is 18.0 Å². The Labute approximate surface area is 93.0 Å². The number of aromatic hydroxyl groups is 2. The molecule has 88 valence electrons. The van der Waals surface area contributed by atoms with Gasteiger partial charge in [-0.25, -0.2) is 0 Å². The normalized spacial score (nSPS) is 10.4. The zero-order chi connectivity index (χ0) is 12.6. The van der Waals surface area contributed by atoms with Gasteiger partial charge in [0.1, 0.15) is 5.56 Å². The number of benzene rings is 1. The number of phenolic OH excluding ortho intramolecular Hbond substituents is 2. The molecular formula is C8H5N3O6. The predicted molar refractivity (Wildman–Crippen MR) is 49.7 cm³/mol. The molecule has 0 atom stereocenters. The van der Waals surface area contributed by atoms with Crippen LogP contribution in [0.25, 0.3) is 11.5 Å². The van der Waals surface area contributed by atoms with Gasteiger partial charge in [0.05, 0.1) is 4.92 Å². The first kappa shape index (κ1) is 10.7. The molecule has 17 heavy (non-hydrogen) atoms. The van der Waals surface area contributed by atoms with Crippen LogP contribution in [-0.2, 0) is 0 Å². The molecule has 0 spiro atoms. The Hall–Kier alpha value is -2.84. The van der Waals surface area contributed by atoms with Gasteiger partial charge in [0.2, 0.25) is 5.75 Å². The molecule has 2 N–H and O–H groups in total. The first-order valence-electron chi connectivity index (χ1n) is 4.23. The molecule has 2 rings (SSSR count). The number of nitrogens with zero attached hydrogens (tertiary/aromatic N) is 3. The Bertz CT molecular complexity index is 593. The number of rotatable bonds is 2. The average molecular weight is 239 g/mol. The largest absolute Gasteiger partial charge is 0.553 e. The van der Waals surface area contributed by atoms with Gasteiger partial charge in [0.25, 0.3) is 0 Å². The minimum Gasteiger partial charge on any atom is -0.553 e. The van der Waals surface area contributed by atoms with E-state index in [-0.39, 0.29) is 11.5 Å². The summed E-state index contributed by atoms with van der Waals surface area (Å²) in [5.41, 5.74) is -0.784. The molecule has 9 nitrogen and oxygen atoms in total. The topological polar surface area (TPSA) is 135 Å². The summed E-state index contributed by atoms with van der Waals surface area (Å²) in [5, 5.41) is 46.9. The van der Waals surface area contributed by atoms with Crippen LogP contribution in [-0.4, -0.2) is 25.3 Å². The molecule has 1 heterocycles. The summed E-state index contributed by atoms with van der Waals surface area (Å²) in [6.07, 6.45) is 0.783. The van der Waals surface area contributed by atoms with Gasteiger partial charge in [-0.2, -0.15) is 0 Å². The SMILES string of the molecule is O=[N+]([O-])c1cc(-c2nnc[o+]2[O-])cc(O)c1O. The minimum atomic E-state index is -0.894. The maximum atomic E-state index is 11.1. The summed E-state index contributed by atoms with van der Waals surface area (Å²) in [5.74, 6) is -1.89. The lowest BCUT2D eigenvalue weighted by molar-refractivity contribution is -0.693. The molecule has 0 saturated carbocycles. The quantitative estimate of drug-likeness (QED) is 0.245. The zero-order valence-corrected chi connectivity index (χ0v) is 8.10. The maximum absolute atomic E-state index is 11.1. The molecule has 1 aromatic carbocycles. The Morgan fingerprint density at radius 3 is 2.59 bits per heavy atom. The van der Waals surface area contributed by atoms with Crippen LogP contribution in [0.5, 0.6) is 11.5 Å². The van der Waals surface area contributed by atoms with E-state index in [0.29, 0.717) is 0 Å². The van der Waals surface area contributed by atoms with Crippen LogP contribution in [0, 0.1) is 10.1 Å². The van der Waals surface area contributed by atoms with Crippen LogP contribution in [0.3, 0.4) is 0 Å². The van der Waals surface area contributed by atoms with Crippen LogP contribution in [0.4, 0.5) is 5.69 Å². The summed E-state index contributed by atoms with van der Waals surface area (Å²) in [7, 11) is 0. The zero-order valence-electron chi connectivity index (χ0n) is 8.10. The average Bonchev–Trinajstić information content (AvgIpc) is 2.68. The van der Waals surface area contributed by atoms with E-state index in [2.05, 4.69) is 10.2 Å². The van der Waals surface area contributed by atoms with E-state index in [4.69, 9.17) is 0 Å². The number of nitro benzene ring substituents is 1. The first-order chi connectivity index (χ1) is 8.00. The molecule has 0 aliphatic rings. The Morgan fingerprint density at radius 1 is 1.35 bits per heavy atom. The van der Waals surface area contributed by atoms with E-state index >= 15 is 0 Å². The first-order valence-corrected chi connectivity index (χ1v) is 4.23. The monoisotopic (exact) mass is 239 g/mol. The van der Waals surface area contributed by atoms with E-state index in [1.807, 2.05) is 0 Å². The van der Waals surface area contributed by atoms with Gasteiger partial charge in [0.15, 0.2) is 5.75 Å². The van der Waals surface area contributed by atoms with Crippen molar-refractivity contribution >= 4 is 5.69 Å². The smallest absolute Gasteiger partial charge is 0.412 e. The van der Waals surface area contributed by atoms with Crippen LogP contribution in [0.1, 0.15) is 0 Å². The van der Waals surface area contributed by atoms with E-state index in [9.17, 15) is 25.6 Å². The number of nitro groups is 1. The lowest BCUT2D eigenvalue weighted by atomic mass is 10.1. The highest BCUT2D eigenvalue weighted by molar-refractivity contribution is 5.67. The maximum Gasteiger partial charge on any atom is 0.412 e. The number of hydrogen-bond acceptors (Lipinski definition) is 7. The molecular weight excluding hydrogens is 234 g/mol. The van der Waals surface area contributed by atoms with Crippen LogP contribution >= 0.6 is 0 Å². The summed E-state index contributed by atoms with van der Waals surface area (Å²) < 4.78 is 1.10. The van der Waals surface area contributed by atoms with E-state index in [1.165, 1.54) is 0 Å². The van der Waals surface area contributed by atoms with Gasteiger partial charge in [-0.3, -0.25) is 10.1 Å². The van der Waals surface area contributed by atoms with E-state index < -0.39 is 22.1 Å². The van der Waals surface area contributed by atoms with Crippen molar-refractivity contribution in [2.45, 2.75) is 0 Å². The fourth-order valence-corrected chi connectivity index (χ4v) is 1.25. The summed E-state index contributed by atoms with van der Waals surface area (Å²) in [4.78, 5) is 9.69. The van der Waals surface area contributed by atoms with Gasteiger partial charge in [-0.05, 0) is 0 Å². The van der Waals surface area contributed by atoms with Gasteiger partial charge in [-0.15, -0.1) is 0 Å². The fourth-order valence-electron chi connectivity index (χ4n) is 1.25. The molecule has 0 fully saturated rings. The van der Waals surface area contributed by atoms with E-state index in [1.54, 1.807) is 0 Å². The van der Waals surface area contributed by atoms with Crippen molar-refractivity contribution in [2.24, 2.45) is 0 Å². The van der Waals surface area contributed by atoms with Crippen molar-refractivity contribution in [2.75, 3.05) is 0 Å². The summed E-state index contributed by atoms with van der Waals surface area (Å²) in [6, 6.07) is 1.87. The lowest BCUT2D eigenvalue weighted by Crippen LogP contribution is -1.99. The molecule has 0 aliphatic carbocycles. The van der Waals surface area contributed by atoms with Crippen LogP contribution in [0.2, 0.25) is 0 Å². The van der Waals surface area contributed by atoms with E-state index in [0.717, 1.165) is 22.7 Å². The van der Waals surface area contributed by atoms with Crippen molar-refractivity contribution in [3.8, 4) is 23.0 Å². The summed E-state index contributed by atoms with van der Waals surface area (Å²) in [6.45, 7) is 0. The van der Waals surface area contributed by atoms with Gasteiger partial charge in [0, 0.05) is 12.1 Å². The second kappa shape index (κ2) is 3.63. The minimum absolute atomic E-state index is 0.0514. The number of aromatic nitrogens is 2. The fraction of sp³-hybridized carbons (Fsp3) is 0. The van der Waals surface area contributed by atoms with Crippen molar-refractivity contribution in [1.82, 2.24) is 10.2 Å². The second-order valence-corrected chi connectivity index (χ2v) is 3.04. The molecule has 9 heteroatoms. The third-order valence-electron chi connectivity index (χ3n) is 2.00. The van der Waals surface area contributed by atoms with Crippen molar-refractivity contribution in [3.05, 3.63) is 28.6 Å². The molecule has 1 aromatic heterocycles. The van der Waals surface area contributed by atoms with Crippen molar-refractivity contribution in [1.29, 1.82) is 0 Å². The second-order valence-electron chi connectivity index (χ2n) is 3.04. The molecule has 2 aromatic rings. The lowest BCUT2D eigenvalue weighted by Gasteiger charge is -2.03. The molecule has 0 amide bonds. The number of phenols is 2. The Morgan fingerprint density at radius 2 is 2.06 bits per heavy atom. The van der Waals surface area contributed by atoms with Gasteiger partial charge in [-0.1, -0.05) is 10.2 Å². The Kier molecular flexibility index (Phi) is 2.28. The van der Waals surface area contributed by atoms with Gasteiger partial charge < -0.3 is 19.7 Å². The third kappa shape index (κ3) is 1.69. The van der Waals surface area contributed by atoms with Crippen LogP contribution < -0.4 is 5.26 Å². The highest BCUT2D eigenvalue weighted by Gasteiger charge is 2.24. The summed E-state index contributed by atoms with van der Waals surface area (Å²) >= 11 is 0. The molecule has 0 unspecified atom stereocenters. The highest BCUT2D eigenvalue weighted by Crippen LogP contribution is 2.39. The third-order valence-corrected chi connectivity index (χ3v) is 2.00. The van der Waals surface area contributed by atoms with Crippen LogP contribution in [0.15, 0.2) is 22.7 Å². The standard InChI is InChI=1S/C8H5N3O6/c12-6-2-4(8-10-9-3-17(8)16)1-5(7(6)13)11(14)15/h1-3,12-13H. The predicted octanol–water partition coefficient (Wildman–Crippen LogP) is -0.133. The molecule has 0 saturated heterocycles.